The van der Waals surface area contributed by atoms with E-state index in [-0.39, 0.29) is 17.0 Å². The Morgan fingerprint density at radius 2 is 1.59 bits per heavy atom. The highest BCUT2D eigenvalue weighted by molar-refractivity contribution is 9.10. The van der Waals surface area contributed by atoms with Gasteiger partial charge in [0.1, 0.15) is 9.84 Å². The van der Waals surface area contributed by atoms with Crippen molar-refractivity contribution < 1.29 is 16.8 Å². The molecule has 2 heterocycles. The summed E-state index contributed by atoms with van der Waals surface area (Å²) in [5, 5.41) is -0.421. The standard InChI is InChI=1S/C14H18BrNO4S2/c1-21(17,18)12-8-10-6-7-11(9-12)16(10)22(19,20)14-5-3-2-4-13(14)15/h2-5,10-12H,6-9H2,1H3. The first-order chi connectivity index (χ1) is 10.2. The number of piperidine rings is 1. The number of nitrogens with zero attached hydrogens (tertiary/aromatic N) is 1. The van der Waals surface area contributed by atoms with Crippen LogP contribution in [0.15, 0.2) is 33.6 Å². The van der Waals surface area contributed by atoms with Crippen molar-refractivity contribution >= 4 is 35.8 Å². The summed E-state index contributed by atoms with van der Waals surface area (Å²) in [7, 11) is -6.73. The van der Waals surface area contributed by atoms with Crippen LogP contribution < -0.4 is 0 Å². The molecular formula is C14H18BrNO4S2. The molecule has 2 unspecified atom stereocenters. The highest BCUT2D eigenvalue weighted by Crippen LogP contribution is 2.42. The number of fused-ring (bicyclic) bond motifs is 2. The maximum atomic E-state index is 13.0. The number of benzene rings is 1. The van der Waals surface area contributed by atoms with Crippen LogP contribution in [0, 0.1) is 0 Å². The van der Waals surface area contributed by atoms with Gasteiger partial charge in [0.15, 0.2) is 0 Å². The van der Waals surface area contributed by atoms with Crippen LogP contribution in [-0.2, 0) is 19.9 Å². The van der Waals surface area contributed by atoms with E-state index < -0.39 is 25.1 Å². The molecule has 2 atom stereocenters. The van der Waals surface area contributed by atoms with Crippen molar-refractivity contribution in [2.24, 2.45) is 0 Å². The van der Waals surface area contributed by atoms with Crippen LogP contribution >= 0.6 is 15.9 Å². The normalized spacial score (nSPS) is 29.6. The van der Waals surface area contributed by atoms with Crippen LogP contribution in [0.2, 0.25) is 0 Å². The van der Waals surface area contributed by atoms with E-state index in [9.17, 15) is 16.8 Å². The molecule has 1 aromatic carbocycles. The lowest BCUT2D eigenvalue weighted by Crippen LogP contribution is -2.49. The van der Waals surface area contributed by atoms with E-state index in [1.54, 1.807) is 28.6 Å². The highest BCUT2D eigenvalue weighted by atomic mass is 79.9. The fraction of sp³-hybridized carbons (Fsp3) is 0.571. The third kappa shape index (κ3) is 2.74. The number of hydrogen-bond acceptors (Lipinski definition) is 4. The quantitative estimate of drug-likeness (QED) is 0.769. The van der Waals surface area contributed by atoms with Crippen molar-refractivity contribution in [2.75, 3.05) is 6.26 Å². The fourth-order valence-electron chi connectivity index (χ4n) is 3.59. The molecule has 0 aliphatic carbocycles. The second-order valence-corrected chi connectivity index (χ2v) is 11.1. The van der Waals surface area contributed by atoms with Gasteiger partial charge in [0, 0.05) is 22.8 Å². The second kappa shape index (κ2) is 5.58. The lowest BCUT2D eigenvalue weighted by molar-refractivity contribution is 0.249. The van der Waals surface area contributed by atoms with E-state index in [0.29, 0.717) is 17.3 Å². The zero-order chi connectivity index (χ0) is 16.1. The summed E-state index contributed by atoms with van der Waals surface area (Å²) in [5.41, 5.74) is 0. The molecule has 8 heteroatoms. The third-order valence-electron chi connectivity index (χ3n) is 4.62. The summed E-state index contributed by atoms with van der Waals surface area (Å²) in [6.07, 6.45) is 3.52. The van der Waals surface area contributed by atoms with Crippen molar-refractivity contribution in [1.29, 1.82) is 0 Å². The van der Waals surface area contributed by atoms with Crippen LogP contribution in [0.1, 0.15) is 25.7 Å². The summed E-state index contributed by atoms with van der Waals surface area (Å²) in [4.78, 5) is 0.254. The Hall–Kier alpha value is -0.440. The van der Waals surface area contributed by atoms with Crippen molar-refractivity contribution in [3.8, 4) is 0 Å². The van der Waals surface area contributed by atoms with Gasteiger partial charge in [-0.15, -0.1) is 0 Å². The van der Waals surface area contributed by atoms with Gasteiger partial charge in [0.05, 0.1) is 10.1 Å². The largest absolute Gasteiger partial charge is 0.244 e. The molecular weight excluding hydrogens is 390 g/mol. The molecule has 2 saturated heterocycles. The zero-order valence-corrected chi connectivity index (χ0v) is 15.4. The van der Waals surface area contributed by atoms with E-state index in [2.05, 4.69) is 15.9 Å². The molecule has 0 saturated carbocycles. The minimum Gasteiger partial charge on any atom is -0.229 e. The topological polar surface area (TPSA) is 71.5 Å². The first-order valence-electron chi connectivity index (χ1n) is 7.18. The Balaban J connectivity index is 1.96. The van der Waals surface area contributed by atoms with Gasteiger partial charge in [0.2, 0.25) is 10.0 Å². The van der Waals surface area contributed by atoms with Crippen molar-refractivity contribution in [1.82, 2.24) is 4.31 Å². The van der Waals surface area contributed by atoms with Crippen LogP contribution in [0.4, 0.5) is 0 Å². The van der Waals surface area contributed by atoms with Gasteiger partial charge < -0.3 is 0 Å². The third-order valence-corrected chi connectivity index (χ3v) is 9.23. The maximum Gasteiger partial charge on any atom is 0.244 e. The van der Waals surface area contributed by atoms with E-state index in [0.717, 1.165) is 12.8 Å². The number of halogens is 1. The maximum absolute atomic E-state index is 13.0. The Bertz CT molecular complexity index is 777. The summed E-state index contributed by atoms with van der Waals surface area (Å²) in [6.45, 7) is 0. The Morgan fingerprint density at radius 3 is 2.09 bits per heavy atom. The van der Waals surface area contributed by atoms with Crippen LogP contribution in [0.25, 0.3) is 0 Å². The number of sulfonamides is 1. The molecule has 2 fully saturated rings. The van der Waals surface area contributed by atoms with Gasteiger partial charge in [-0.1, -0.05) is 12.1 Å². The first-order valence-corrected chi connectivity index (χ1v) is 11.4. The van der Waals surface area contributed by atoms with Gasteiger partial charge in [-0.3, -0.25) is 0 Å². The molecule has 2 aliphatic heterocycles. The number of hydrogen-bond donors (Lipinski definition) is 0. The van der Waals surface area contributed by atoms with Crippen LogP contribution in [-0.4, -0.2) is 44.7 Å². The Labute approximate surface area is 139 Å². The number of rotatable bonds is 3. The molecule has 3 rings (SSSR count). The zero-order valence-electron chi connectivity index (χ0n) is 12.1. The summed E-state index contributed by atoms with van der Waals surface area (Å²) in [6, 6.07) is 6.34. The van der Waals surface area contributed by atoms with Crippen molar-refractivity contribution in [3.63, 3.8) is 0 Å². The average molecular weight is 408 g/mol. The second-order valence-electron chi connectivity index (χ2n) is 6.07. The van der Waals surface area contributed by atoms with Gasteiger partial charge in [0.25, 0.3) is 0 Å². The average Bonchev–Trinajstić information content (AvgIpc) is 2.70. The van der Waals surface area contributed by atoms with E-state index >= 15 is 0 Å². The molecule has 1 aromatic rings. The summed E-state index contributed by atoms with van der Waals surface area (Å²) in [5.74, 6) is 0. The van der Waals surface area contributed by atoms with Gasteiger partial charge in [-0.25, -0.2) is 16.8 Å². The fourth-order valence-corrected chi connectivity index (χ4v) is 7.60. The monoisotopic (exact) mass is 407 g/mol. The molecule has 122 valence electrons. The molecule has 0 amide bonds. The summed E-state index contributed by atoms with van der Waals surface area (Å²) < 4.78 is 51.7. The smallest absolute Gasteiger partial charge is 0.229 e. The van der Waals surface area contributed by atoms with Crippen molar-refractivity contribution in [3.05, 3.63) is 28.7 Å². The minimum absolute atomic E-state index is 0.212. The molecule has 0 radical (unpaired) electrons. The molecule has 0 aromatic heterocycles. The van der Waals surface area contributed by atoms with Crippen LogP contribution in [0.3, 0.4) is 0 Å². The van der Waals surface area contributed by atoms with Gasteiger partial charge in [-0.2, -0.15) is 4.31 Å². The number of sulfone groups is 1. The minimum atomic E-state index is -3.61. The highest BCUT2D eigenvalue weighted by Gasteiger charge is 2.49. The Morgan fingerprint density at radius 1 is 1.05 bits per heavy atom. The lowest BCUT2D eigenvalue weighted by Gasteiger charge is -2.37. The van der Waals surface area contributed by atoms with Gasteiger partial charge >= 0.3 is 0 Å². The molecule has 0 spiro atoms. The molecule has 2 bridgehead atoms. The predicted molar refractivity (Wildman–Crippen MR) is 87.8 cm³/mol. The molecule has 2 aliphatic rings. The molecule has 0 N–H and O–H groups in total. The van der Waals surface area contributed by atoms with E-state index in [1.165, 1.54) is 6.26 Å². The predicted octanol–water partition coefficient (Wildman–Crippen LogP) is 2.18. The van der Waals surface area contributed by atoms with E-state index in [4.69, 9.17) is 0 Å². The molecule has 5 nitrogen and oxygen atoms in total. The lowest BCUT2D eigenvalue weighted by atomic mass is 10.1. The van der Waals surface area contributed by atoms with Crippen molar-refractivity contribution in [2.45, 2.75) is 47.9 Å². The van der Waals surface area contributed by atoms with Crippen LogP contribution in [0.5, 0.6) is 0 Å². The summed E-state index contributed by atoms with van der Waals surface area (Å²) >= 11 is 3.30. The Kier molecular flexibility index (Phi) is 4.16. The van der Waals surface area contributed by atoms with E-state index in [1.807, 2.05) is 0 Å². The first kappa shape index (κ1) is 16.4. The SMILES string of the molecule is CS(=O)(=O)C1CC2CCC(C1)N2S(=O)(=O)c1ccccc1Br. The molecule has 22 heavy (non-hydrogen) atoms. The van der Waals surface area contributed by atoms with Gasteiger partial charge in [-0.05, 0) is 53.7 Å².